The van der Waals surface area contributed by atoms with E-state index < -0.39 is 0 Å². The molecule has 1 rings (SSSR count). The van der Waals surface area contributed by atoms with E-state index in [1.165, 1.54) is 17.7 Å². The summed E-state index contributed by atoms with van der Waals surface area (Å²) in [5.41, 5.74) is 0. The van der Waals surface area contributed by atoms with Crippen LogP contribution in [-0.2, 0) is 0 Å². The van der Waals surface area contributed by atoms with Crippen LogP contribution in [0.5, 0.6) is 0 Å². The maximum absolute atomic E-state index is 4.30. The molecule has 0 aliphatic heterocycles. The fourth-order valence-electron chi connectivity index (χ4n) is 1.48. The highest BCUT2D eigenvalue weighted by Crippen LogP contribution is 2.26. The summed E-state index contributed by atoms with van der Waals surface area (Å²) in [7, 11) is 2.03. The molecule has 0 bridgehead atoms. The van der Waals surface area contributed by atoms with E-state index in [2.05, 4.69) is 31.1 Å². The molecule has 0 saturated heterocycles. The van der Waals surface area contributed by atoms with Crippen LogP contribution >= 0.6 is 11.3 Å². The van der Waals surface area contributed by atoms with Crippen molar-refractivity contribution in [2.75, 3.05) is 7.05 Å². The van der Waals surface area contributed by atoms with E-state index in [0.717, 1.165) is 10.9 Å². The van der Waals surface area contributed by atoms with E-state index in [1.54, 1.807) is 11.3 Å². The van der Waals surface area contributed by atoms with E-state index in [4.69, 9.17) is 0 Å². The molecule has 80 valence electrons. The van der Waals surface area contributed by atoms with Crippen molar-refractivity contribution in [1.29, 1.82) is 0 Å². The van der Waals surface area contributed by atoms with E-state index in [1.807, 2.05) is 13.2 Å². The van der Waals surface area contributed by atoms with Crippen molar-refractivity contribution in [3.05, 3.63) is 16.1 Å². The molecule has 3 heteroatoms. The van der Waals surface area contributed by atoms with Crippen LogP contribution in [0.4, 0.5) is 0 Å². The van der Waals surface area contributed by atoms with Crippen LogP contribution in [0.15, 0.2) is 6.20 Å². The summed E-state index contributed by atoms with van der Waals surface area (Å²) in [6.45, 7) is 6.61. The molecular weight excluding hydrogens is 192 g/mol. The third-order valence-electron chi connectivity index (χ3n) is 2.67. The highest BCUT2D eigenvalue weighted by atomic mass is 32.1. The first kappa shape index (κ1) is 11.7. The summed E-state index contributed by atoms with van der Waals surface area (Å²) in [6, 6.07) is 0.483. The number of hydrogen-bond donors (Lipinski definition) is 1. The minimum Gasteiger partial charge on any atom is -0.312 e. The van der Waals surface area contributed by atoms with E-state index in [9.17, 15) is 0 Å². The van der Waals surface area contributed by atoms with Crippen molar-refractivity contribution >= 4 is 11.3 Å². The molecule has 0 saturated carbocycles. The summed E-state index contributed by atoms with van der Waals surface area (Å²) >= 11 is 1.80. The Balaban J connectivity index is 2.62. The predicted octanol–water partition coefficient (Wildman–Crippen LogP) is 3.15. The molecule has 0 aromatic carbocycles. The standard InChI is InChI=1S/C11H20N2S/c1-5-8(2)6-10(12-4)11-7-13-9(3)14-11/h7-8,10,12H,5-6H2,1-4H3. The number of nitrogens with one attached hydrogen (secondary N) is 1. The van der Waals surface area contributed by atoms with Crippen LogP contribution in [0.1, 0.15) is 42.6 Å². The van der Waals surface area contributed by atoms with E-state index in [-0.39, 0.29) is 0 Å². The normalized spacial score (nSPS) is 15.4. The smallest absolute Gasteiger partial charge is 0.0897 e. The third kappa shape index (κ3) is 3.07. The van der Waals surface area contributed by atoms with Crippen LogP contribution < -0.4 is 5.32 Å². The minimum absolute atomic E-state index is 0.483. The van der Waals surface area contributed by atoms with Gasteiger partial charge in [0, 0.05) is 17.1 Å². The molecule has 2 unspecified atom stereocenters. The lowest BCUT2D eigenvalue weighted by Crippen LogP contribution is -2.17. The lowest BCUT2D eigenvalue weighted by Gasteiger charge is -2.17. The highest BCUT2D eigenvalue weighted by Gasteiger charge is 2.14. The number of rotatable bonds is 5. The SMILES string of the molecule is CCC(C)CC(NC)c1cnc(C)s1. The lowest BCUT2D eigenvalue weighted by atomic mass is 9.99. The molecule has 2 nitrogen and oxygen atoms in total. The molecule has 0 aliphatic rings. The number of aryl methyl sites for hydroxylation is 1. The first-order chi connectivity index (χ1) is 6.67. The number of hydrogen-bond acceptors (Lipinski definition) is 3. The van der Waals surface area contributed by atoms with E-state index in [0.29, 0.717) is 6.04 Å². The maximum Gasteiger partial charge on any atom is 0.0897 e. The lowest BCUT2D eigenvalue weighted by molar-refractivity contribution is 0.426. The molecular formula is C11H20N2S. The maximum atomic E-state index is 4.30. The minimum atomic E-state index is 0.483. The first-order valence-electron chi connectivity index (χ1n) is 5.27. The van der Waals surface area contributed by atoms with Gasteiger partial charge >= 0.3 is 0 Å². The summed E-state index contributed by atoms with van der Waals surface area (Å²) in [5, 5.41) is 4.52. The van der Waals surface area contributed by atoms with Gasteiger partial charge in [-0.1, -0.05) is 20.3 Å². The Kier molecular flexibility index (Phi) is 4.55. The fraction of sp³-hybridized carbons (Fsp3) is 0.727. The van der Waals surface area contributed by atoms with Gasteiger partial charge in [-0.3, -0.25) is 0 Å². The van der Waals surface area contributed by atoms with Crippen molar-refractivity contribution in [2.24, 2.45) is 5.92 Å². The van der Waals surface area contributed by atoms with Gasteiger partial charge in [0.15, 0.2) is 0 Å². The van der Waals surface area contributed by atoms with Crippen molar-refractivity contribution in [1.82, 2.24) is 10.3 Å². The molecule has 0 radical (unpaired) electrons. The van der Waals surface area contributed by atoms with Crippen LogP contribution in [-0.4, -0.2) is 12.0 Å². The first-order valence-corrected chi connectivity index (χ1v) is 6.08. The molecule has 1 aromatic rings. The Hall–Kier alpha value is -0.410. The Bertz CT molecular complexity index is 270. The zero-order valence-electron chi connectivity index (χ0n) is 9.50. The largest absolute Gasteiger partial charge is 0.312 e. The van der Waals surface area contributed by atoms with E-state index >= 15 is 0 Å². The Morgan fingerprint density at radius 1 is 1.57 bits per heavy atom. The molecule has 14 heavy (non-hydrogen) atoms. The van der Waals surface area contributed by atoms with Crippen LogP contribution in [0.2, 0.25) is 0 Å². The van der Waals surface area contributed by atoms with Gasteiger partial charge < -0.3 is 5.32 Å². The van der Waals surface area contributed by atoms with Crippen LogP contribution in [0, 0.1) is 12.8 Å². The number of thiazole rings is 1. The summed E-state index contributed by atoms with van der Waals surface area (Å²) in [4.78, 5) is 5.66. The van der Waals surface area contributed by atoms with Gasteiger partial charge in [-0.05, 0) is 26.3 Å². The molecule has 1 N–H and O–H groups in total. The zero-order valence-corrected chi connectivity index (χ0v) is 10.3. The van der Waals surface area contributed by atoms with Gasteiger partial charge in [-0.2, -0.15) is 0 Å². The Labute approximate surface area is 90.8 Å². The van der Waals surface area contributed by atoms with Crippen molar-refractivity contribution in [3.8, 4) is 0 Å². The van der Waals surface area contributed by atoms with Gasteiger partial charge in [-0.25, -0.2) is 4.98 Å². The summed E-state index contributed by atoms with van der Waals surface area (Å²) in [5.74, 6) is 0.773. The van der Waals surface area contributed by atoms with Gasteiger partial charge in [0.25, 0.3) is 0 Å². The number of aromatic nitrogens is 1. The molecule has 0 fully saturated rings. The highest BCUT2D eigenvalue weighted by molar-refractivity contribution is 7.11. The average molecular weight is 212 g/mol. The summed E-state index contributed by atoms with van der Waals surface area (Å²) < 4.78 is 0. The second-order valence-electron chi connectivity index (χ2n) is 3.87. The second-order valence-corrected chi connectivity index (χ2v) is 5.14. The molecule has 2 atom stereocenters. The zero-order chi connectivity index (χ0) is 10.6. The molecule has 0 aliphatic carbocycles. The van der Waals surface area contributed by atoms with Gasteiger partial charge in [0.05, 0.1) is 5.01 Å². The molecule has 0 amide bonds. The van der Waals surface area contributed by atoms with Crippen molar-refractivity contribution in [3.63, 3.8) is 0 Å². The topological polar surface area (TPSA) is 24.9 Å². The van der Waals surface area contributed by atoms with Gasteiger partial charge in [-0.15, -0.1) is 11.3 Å². The third-order valence-corrected chi connectivity index (χ3v) is 3.69. The van der Waals surface area contributed by atoms with Gasteiger partial charge in [0.2, 0.25) is 0 Å². The molecule has 1 aromatic heterocycles. The van der Waals surface area contributed by atoms with Gasteiger partial charge in [0.1, 0.15) is 0 Å². The van der Waals surface area contributed by atoms with Crippen molar-refractivity contribution in [2.45, 2.75) is 39.7 Å². The molecule has 1 heterocycles. The molecule has 0 spiro atoms. The van der Waals surface area contributed by atoms with Crippen LogP contribution in [0.3, 0.4) is 0 Å². The fourth-order valence-corrected chi connectivity index (χ4v) is 2.39. The monoisotopic (exact) mass is 212 g/mol. The second kappa shape index (κ2) is 5.47. The Morgan fingerprint density at radius 2 is 2.29 bits per heavy atom. The Morgan fingerprint density at radius 3 is 2.71 bits per heavy atom. The number of nitrogens with zero attached hydrogens (tertiary/aromatic N) is 1. The van der Waals surface area contributed by atoms with Crippen molar-refractivity contribution < 1.29 is 0 Å². The predicted molar refractivity (Wildman–Crippen MR) is 62.7 cm³/mol. The quantitative estimate of drug-likeness (QED) is 0.811. The van der Waals surface area contributed by atoms with Crippen LogP contribution in [0.25, 0.3) is 0 Å². The average Bonchev–Trinajstić information content (AvgIpc) is 2.60. The summed E-state index contributed by atoms with van der Waals surface area (Å²) in [6.07, 6.45) is 4.45.